The smallest absolute Gasteiger partial charge is 0.240 e. The van der Waals surface area contributed by atoms with Gasteiger partial charge in [0, 0.05) is 4.47 Å². The predicted octanol–water partition coefficient (Wildman–Crippen LogP) is 5.40. The molecule has 2 bridgehead atoms. The third-order valence-electron chi connectivity index (χ3n) is 4.99. The van der Waals surface area contributed by atoms with E-state index in [-0.39, 0.29) is 10.1 Å². The Morgan fingerprint density at radius 2 is 1.24 bits per heavy atom. The second-order valence-electron chi connectivity index (χ2n) is 6.07. The molecule has 3 nitrogen and oxygen atoms in total. The summed E-state index contributed by atoms with van der Waals surface area (Å²) in [7, 11) is 0. The van der Waals surface area contributed by atoms with Crippen LogP contribution in [0.4, 0.5) is 5.69 Å². The summed E-state index contributed by atoms with van der Waals surface area (Å²) in [4.78, 5) is 23.6. The van der Waals surface area contributed by atoms with E-state index in [0.29, 0.717) is 5.69 Å². The number of rotatable bonds is 1. The number of alkyl halides is 4. The van der Waals surface area contributed by atoms with E-state index in [2.05, 4.69) is 15.9 Å². The van der Waals surface area contributed by atoms with Gasteiger partial charge in [-0.2, -0.15) is 0 Å². The first-order valence-electron chi connectivity index (χ1n) is 6.96. The lowest BCUT2D eigenvalue weighted by Crippen LogP contribution is -2.50. The molecule has 3 aliphatic rings. The van der Waals surface area contributed by atoms with Gasteiger partial charge in [-0.05, 0) is 24.3 Å². The van der Waals surface area contributed by atoms with Crippen molar-refractivity contribution in [1.29, 1.82) is 0 Å². The highest BCUT2D eigenvalue weighted by Crippen LogP contribution is 2.77. The maximum atomic E-state index is 13.1. The van der Waals surface area contributed by atoms with Crippen molar-refractivity contribution in [3.63, 3.8) is 0 Å². The average molecular weight is 525 g/mol. The Balaban J connectivity index is 1.90. The van der Waals surface area contributed by atoms with Gasteiger partial charge < -0.3 is 0 Å². The summed E-state index contributed by atoms with van der Waals surface area (Å²) >= 11 is 41.9. The van der Waals surface area contributed by atoms with Gasteiger partial charge >= 0.3 is 0 Å². The van der Waals surface area contributed by atoms with Gasteiger partial charge in [-0.25, -0.2) is 4.90 Å². The van der Waals surface area contributed by atoms with Crippen LogP contribution in [0, 0.1) is 11.8 Å². The highest BCUT2D eigenvalue weighted by Gasteiger charge is 2.87. The van der Waals surface area contributed by atoms with Crippen LogP contribution in [0.5, 0.6) is 0 Å². The fourth-order valence-corrected chi connectivity index (χ4v) is 7.03. The van der Waals surface area contributed by atoms with E-state index in [1.54, 1.807) is 24.3 Å². The van der Waals surface area contributed by atoms with Crippen LogP contribution in [0.1, 0.15) is 0 Å². The van der Waals surface area contributed by atoms with Crippen LogP contribution in [0.15, 0.2) is 38.8 Å². The van der Waals surface area contributed by atoms with Crippen LogP contribution < -0.4 is 4.90 Å². The molecule has 0 unspecified atom stereocenters. The van der Waals surface area contributed by atoms with Crippen molar-refractivity contribution >= 4 is 103 Å². The molecule has 1 aromatic rings. The summed E-state index contributed by atoms with van der Waals surface area (Å²) < 4.78 is -1.12. The Labute approximate surface area is 181 Å². The normalized spacial score (nSPS) is 38.8. The van der Waals surface area contributed by atoms with Crippen molar-refractivity contribution in [2.24, 2.45) is 11.8 Å². The predicted molar refractivity (Wildman–Crippen MR) is 104 cm³/mol. The van der Waals surface area contributed by atoms with Gasteiger partial charge in [0.1, 0.15) is 9.75 Å². The largest absolute Gasteiger partial charge is 0.274 e. The summed E-state index contributed by atoms with van der Waals surface area (Å²) in [6, 6.07) is 6.65. The topological polar surface area (TPSA) is 37.4 Å². The highest BCUT2D eigenvalue weighted by atomic mass is 79.9. The number of hydrogen-bond acceptors (Lipinski definition) is 2. The van der Waals surface area contributed by atoms with Crippen molar-refractivity contribution in [3.8, 4) is 0 Å². The second kappa shape index (κ2) is 5.44. The van der Waals surface area contributed by atoms with Gasteiger partial charge in [-0.3, -0.25) is 9.59 Å². The van der Waals surface area contributed by atoms with Crippen molar-refractivity contribution in [1.82, 2.24) is 0 Å². The molecule has 0 N–H and O–H groups in total. The number of allylic oxidation sites excluding steroid dienone is 2. The first-order valence-corrected chi connectivity index (χ1v) is 10.0. The molecule has 4 rings (SSSR count). The van der Waals surface area contributed by atoms with Crippen LogP contribution >= 0.6 is 85.5 Å². The Hall–Kier alpha value is 0.320. The molecule has 0 spiro atoms. The van der Waals surface area contributed by atoms with E-state index in [1.807, 2.05) is 0 Å². The molecule has 2 fully saturated rings. The Morgan fingerprint density at radius 1 is 0.840 bits per heavy atom. The molecule has 1 aromatic carbocycles. The molecule has 1 heterocycles. The summed E-state index contributed by atoms with van der Waals surface area (Å²) in [6.45, 7) is 0. The van der Waals surface area contributed by atoms with E-state index in [0.717, 1.165) is 9.37 Å². The molecule has 0 aromatic heterocycles. The zero-order chi connectivity index (χ0) is 18.5. The number of fused-ring (bicyclic) bond motifs is 5. The SMILES string of the molecule is O=C1[C@@H]2[C@H](C(=O)N1c1ccc(Br)cc1)[C@]1(Cl)C(Cl)=C(Cl)[C@@]2(Cl)C1(Cl)Cl. The minimum Gasteiger partial charge on any atom is -0.274 e. The number of imide groups is 1. The number of carbonyl (C=O) groups excluding carboxylic acids is 2. The third kappa shape index (κ3) is 1.88. The van der Waals surface area contributed by atoms with E-state index in [9.17, 15) is 9.59 Å². The van der Waals surface area contributed by atoms with E-state index >= 15 is 0 Å². The standard InChI is InChI=1S/C15H6BrCl6NO2/c16-5-1-3-6(4-2-5)23-11(24)7-8(12(23)25)14(20)10(18)9(17)13(7,19)15(14,21)22/h1-4,7-8H/t7-,8+,13+,14-. The average Bonchev–Trinajstić information content (AvgIpc) is 2.94. The number of amides is 2. The summed E-state index contributed by atoms with van der Waals surface area (Å²) in [6.07, 6.45) is 0. The van der Waals surface area contributed by atoms with Crippen LogP contribution in [-0.4, -0.2) is 25.9 Å². The van der Waals surface area contributed by atoms with Gasteiger partial charge in [0.25, 0.3) is 0 Å². The number of benzene rings is 1. The molecule has 4 atom stereocenters. The fourth-order valence-electron chi connectivity index (χ4n) is 3.84. The van der Waals surface area contributed by atoms with Crippen LogP contribution in [0.2, 0.25) is 0 Å². The van der Waals surface area contributed by atoms with Gasteiger partial charge in [0.2, 0.25) is 11.8 Å². The zero-order valence-corrected chi connectivity index (χ0v) is 18.0. The summed E-state index contributed by atoms with van der Waals surface area (Å²) in [5.74, 6) is -3.37. The van der Waals surface area contributed by atoms with Gasteiger partial charge in [0.05, 0.1) is 27.6 Å². The molecule has 10 heteroatoms. The number of nitrogens with zero attached hydrogens (tertiary/aromatic N) is 1. The van der Waals surface area contributed by atoms with Crippen molar-refractivity contribution in [2.45, 2.75) is 14.1 Å². The van der Waals surface area contributed by atoms with E-state index < -0.39 is 37.7 Å². The minimum absolute atomic E-state index is 0.101. The third-order valence-corrected chi connectivity index (χ3v) is 9.78. The molecular formula is C15H6BrCl6NO2. The van der Waals surface area contributed by atoms with Crippen molar-refractivity contribution < 1.29 is 9.59 Å². The maximum absolute atomic E-state index is 13.1. The quantitative estimate of drug-likeness (QED) is 0.364. The number of anilines is 1. The molecule has 1 saturated carbocycles. The van der Waals surface area contributed by atoms with Gasteiger partial charge in [0.15, 0.2) is 4.33 Å². The Bertz CT molecular complexity index is 825. The minimum atomic E-state index is -1.91. The van der Waals surface area contributed by atoms with Crippen LogP contribution in [-0.2, 0) is 9.59 Å². The molecule has 132 valence electrons. The van der Waals surface area contributed by atoms with Crippen LogP contribution in [0.25, 0.3) is 0 Å². The molecule has 1 saturated heterocycles. The number of carbonyl (C=O) groups is 2. The first-order chi connectivity index (χ1) is 11.5. The highest BCUT2D eigenvalue weighted by molar-refractivity contribution is 9.10. The van der Waals surface area contributed by atoms with Gasteiger partial charge in [-0.1, -0.05) is 62.3 Å². The Kier molecular flexibility index (Phi) is 4.06. The van der Waals surface area contributed by atoms with Crippen molar-refractivity contribution in [3.05, 3.63) is 38.8 Å². The fraction of sp³-hybridized carbons (Fsp3) is 0.333. The van der Waals surface area contributed by atoms with E-state index in [4.69, 9.17) is 69.6 Å². The van der Waals surface area contributed by atoms with E-state index in [1.165, 1.54) is 0 Å². The molecule has 2 amide bonds. The summed E-state index contributed by atoms with van der Waals surface area (Å²) in [5, 5.41) is -0.202. The van der Waals surface area contributed by atoms with Crippen molar-refractivity contribution in [2.75, 3.05) is 4.90 Å². The summed E-state index contributed by atoms with van der Waals surface area (Å²) in [5.41, 5.74) is 0.384. The number of halogens is 7. The number of hydrogen-bond donors (Lipinski definition) is 0. The molecule has 1 aliphatic heterocycles. The zero-order valence-electron chi connectivity index (χ0n) is 11.9. The molecule has 0 radical (unpaired) electrons. The Morgan fingerprint density at radius 3 is 1.64 bits per heavy atom. The van der Waals surface area contributed by atoms with Gasteiger partial charge in [-0.15, -0.1) is 23.2 Å². The monoisotopic (exact) mass is 521 g/mol. The van der Waals surface area contributed by atoms with Crippen LogP contribution in [0.3, 0.4) is 0 Å². The lowest BCUT2D eigenvalue weighted by atomic mass is 9.84. The second-order valence-corrected chi connectivity index (χ2v) is 10.3. The lowest BCUT2D eigenvalue weighted by molar-refractivity contribution is -0.123. The molecule has 25 heavy (non-hydrogen) atoms. The lowest BCUT2D eigenvalue weighted by Gasteiger charge is -2.34. The molecular weight excluding hydrogens is 519 g/mol. The molecule has 2 aliphatic carbocycles. The maximum Gasteiger partial charge on any atom is 0.240 e. The first kappa shape index (κ1) is 18.7.